The van der Waals surface area contributed by atoms with Crippen molar-refractivity contribution in [3.63, 3.8) is 0 Å². The lowest BCUT2D eigenvalue weighted by Crippen LogP contribution is -2.29. The summed E-state index contributed by atoms with van der Waals surface area (Å²) in [6.45, 7) is 2.29. The number of nitrogens with two attached hydrogens (primary N) is 1. The van der Waals surface area contributed by atoms with Gasteiger partial charge in [-0.3, -0.25) is 0 Å². The molecule has 1 aliphatic rings. The normalized spacial score (nSPS) is 19.8. The van der Waals surface area contributed by atoms with Gasteiger partial charge in [-0.05, 0) is 45.0 Å². The smallest absolute Gasteiger partial charge is 0.149 e. The van der Waals surface area contributed by atoms with Crippen molar-refractivity contribution >= 4 is 5.82 Å². The van der Waals surface area contributed by atoms with E-state index in [1.165, 1.54) is 18.4 Å². The molecule has 2 heterocycles. The van der Waals surface area contributed by atoms with Gasteiger partial charge in [0.2, 0.25) is 0 Å². The maximum Gasteiger partial charge on any atom is 0.149 e. The second-order valence-corrected chi connectivity index (χ2v) is 3.95. The number of piperidine rings is 1. The predicted molar refractivity (Wildman–Crippen MR) is 55.9 cm³/mol. The Bertz CT molecular complexity index is 305. The average molecular weight is 192 g/mol. The van der Waals surface area contributed by atoms with Gasteiger partial charge >= 0.3 is 0 Å². The van der Waals surface area contributed by atoms with Gasteiger partial charge in [0.15, 0.2) is 0 Å². The van der Waals surface area contributed by atoms with Gasteiger partial charge in [0.1, 0.15) is 5.82 Å². The van der Waals surface area contributed by atoms with E-state index < -0.39 is 0 Å². The topological polar surface area (TPSA) is 55.0 Å². The van der Waals surface area contributed by atoms with Crippen molar-refractivity contribution in [2.24, 2.45) is 0 Å². The van der Waals surface area contributed by atoms with Gasteiger partial charge in [-0.2, -0.15) is 5.10 Å². The molecule has 14 heavy (non-hydrogen) atoms. The third-order valence-corrected chi connectivity index (χ3v) is 2.94. The van der Waals surface area contributed by atoms with E-state index in [2.05, 4.69) is 22.1 Å². The van der Waals surface area contributed by atoms with Crippen molar-refractivity contribution < 1.29 is 0 Å². The molecule has 0 unspecified atom stereocenters. The molecule has 2 N–H and O–H groups in total. The van der Waals surface area contributed by atoms with Crippen LogP contribution in [0.2, 0.25) is 0 Å². The summed E-state index contributed by atoms with van der Waals surface area (Å²) in [6, 6.07) is 2.00. The van der Waals surface area contributed by atoms with Crippen LogP contribution in [0.25, 0.3) is 0 Å². The summed E-state index contributed by atoms with van der Waals surface area (Å²) < 4.78 is 0. The zero-order chi connectivity index (χ0) is 9.97. The van der Waals surface area contributed by atoms with Crippen molar-refractivity contribution in [2.45, 2.75) is 18.8 Å². The lowest BCUT2D eigenvalue weighted by Gasteiger charge is -2.29. The van der Waals surface area contributed by atoms with Crippen LogP contribution in [0, 0.1) is 0 Å². The molecule has 0 radical (unpaired) electrons. The van der Waals surface area contributed by atoms with Crippen LogP contribution in [-0.4, -0.2) is 35.2 Å². The van der Waals surface area contributed by atoms with E-state index >= 15 is 0 Å². The summed E-state index contributed by atoms with van der Waals surface area (Å²) in [4.78, 5) is 2.35. The van der Waals surface area contributed by atoms with Gasteiger partial charge in [-0.15, -0.1) is 5.10 Å². The van der Waals surface area contributed by atoms with E-state index in [0.717, 1.165) is 13.1 Å². The number of likely N-dealkylation sites (tertiary alicyclic amines) is 1. The molecule has 0 saturated carbocycles. The molecule has 0 spiro atoms. The first-order valence-corrected chi connectivity index (χ1v) is 5.03. The average Bonchev–Trinajstić information content (AvgIpc) is 2.20. The van der Waals surface area contributed by atoms with Crippen molar-refractivity contribution in [1.82, 2.24) is 15.1 Å². The summed E-state index contributed by atoms with van der Waals surface area (Å²) in [6.07, 6.45) is 4.07. The molecule has 0 atom stereocenters. The largest absolute Gasteiger partial charge is 0.382 e. The quantitative estimate of drug-likeness (QED) is 0.717. The molecule has 1 aromatic heterocycles. The molecule has 0 aromatic carbocycles. The third kappa shape index (κ3) is 1.85. The highest BCUT2D eigenvalue weighted by Gasteiger charge is 2.20. The monoisotopic (exact) mass is 192 g/mol. The Morgan fingerprint density at radius 1 is 1.43 bits per heavy atom. The van der Waals surface area contributed by atoms with Crippen LogP contribution in [0.5, 0.6) is 0 Å². The van der Waals surface area contributed by atoms with Crippen LogP contribution in [0.3, 0.4) is 0 Å². The highest BCUT2D eigenvalue weighted by atomic mass is 15.1. The molecule has 1 fully saturated rings. The summed E-state index contributed by atoms with van der Waals surface area (Å²) in [7, 11) is 2.16. The Morgan fingerprint density at radius 2 is 2.14 bits per heavy atom. The standard InChI is InChI=1S/C10H16N4/c1-14-6-3-8(4-7-14)9-2-5-12-13-10(9)11/h2,5,8H,3-4,6-7H2,1H3,(H2,11,13). The van der Waals surface area contributed by atoms with Crippen molar-refractivity contribution in [3.8, 4) is 0 Å². The molecule has 0 bridgehead atoms. The van der Waals surface area contributed by atoms with E-state index in [0.29, 0.717) is 11.7 Å². The fraction of sp³-hybridized carbons (Fsp3) is 0.600. The Hall–Kier alpha value is -1.16. The molecule has 4 nitrogen and oxygen atoms in total. The molecular weight excluding hydrogens is 176 g/mol. The summed E-state index contributed by atoms with van der Waals surface area (Å²) in [5.41, 5.74) is 6.97. The molecule has 0 aliphatic carbocycles. The van der Waals surface area contributed by atoms with Crippen molar-refractivity contribution in [3.05, 3.63) is 17.8 Å². The van der Waals surface area contributed by atoms with E-state index in [9.17, 15) is 0 Å². The van der Waals surface area contributed by atoms with Gasteiger partial charge in [0, 0.05) is 5.56 Å². The number of rotatable bonds is 1. The predicted octanol–water partition coefficient (Wildman–Crippen LogP) is 0.868. The molecule has 1 aromatic rings. The zero-order valence-corrected chi connectivity index (χ0v) is 8.48. The number of hydrogen-bond donors (Lipinski definition) is 1. The lowest BCUT2D eigenvalue weighted by molar-refractivity contribution is 0.255. The second kappa shape index (κ2) is 3.92. The molecule has 0 amide bonds. The highest BCUT2D eigenvalue weighted by Crippen LogP contribution is 2.29. The first kappa shape index (κ1) is 9.40. The first-order chi connectivity index (χ1) is 6.77. The fourth-order valence-electron chi connectivity index (χ4n) is 2.02. The Morgan fingerprint density at radius 3 is 2.79 bits per heavy atom. The summed E-state index contributed by atoms with van der Waals surface area (Å²) in [5.74, 6) is 1.17. The Labute approximate surface area is 84.1 Å². The number of nitrogens with zero attached hydrogens (tertiary/aromatic N) is 3. The van der Waals surface area contributed by atoms with Gasteiger partial charge in [-0.25, -0.2) is 0 Å². The fourth-order valence-corrected chi connectivity index (χ4v) is 2.02. The van der Waals surface area contributed by atoms with Crippen LogP contribution in [0.4, 0.5) is 5.82 Å². The Balaban J connectivity index is 2.12. The van der Waals surface area contributed by atoms with Crippen LogP contribution in [0.1, 0.15) is 24.3 Å². The van der Waals surface area contributed by atoms with E-state index in [1.54, 1.807) is 6.20 Å². The minimum atomic E-state index is 0.571. The van der Waals surface area contributed by atoms with Crippen LogP contribution in [-0.2, 0) is 0 Å². The SMILES string of the molecule is CN1CCC(c2ccnnc2N)CC1. The van der Waals surface area contributed by atoms with Gasteiger partial charge in [0.05, 0.1) is 6.20 Å². The minimum Gasteiger partial charge on any atom is -0.382 e. The second-order valence-electron chi connectivity index (χ2n) is 3.95. The molecule has 2 rings (SSSR count). The molecular formula is C10H16N4. The van der Waals surface area contributed by atoms with Crippen molar-refractivity contribution in [1.29, 1.82) is 0 Å². The number of aromatic nitrogens is 2. The lowest BCUT2D eigenvalue weighted by atomic mass is 9.90. The van der Waals surface area contributed by atoms with Crippen LogP contribution in [0.15, 0.2) is 12.3 Å². The van der Waals surface area contributed by atoms with Crippen LogP contribution < -0.4 is 5.73 Å². The maximum atomic E-state index is 5.80. The molecule has 4 heteroatoms. The molecule has 1 saturated heterocycles. The minimum absolute atomic E-state index is 0.571. The number of nitrogen functional groups attached to an aromatic ring is 1. The summed E-state index contributed by atoms with van der Waals surface area (Å²) >= 11 is 0. The molecule has 76 valence electrons. The third-order valence-electron chi connectivity index (χ3n) is 2.94. The number of anilines is 1. The Kier molecular flexibility index (Phi) is 2.63. The summed E-state index contributed by atoms with van der Waals surface area (Å²) in [5, 5.41) is 7.66. The van der Waals surface area contributed by atoms with E-state index in [1.807, 2.05) is 6.07 Å². The van der Waals surface area contributed by atoms with E-state index in [4.69, 9.17) is 5.73 Å². The molecule has 1 aliphatic heterocycles. The van der Waals surface area contributed by atoms with Gasteiger partial charge in [-0.1, -0.05) is 0 Å². The maximum absolute atomic E-state index is 5.80. The van der Waals surface area contributed by atoms with Crippen molar-refractivity contribution in [2.75, 3.05) is 25.9 Å². The van der Waals surface area contributed by atoms with Gasteiger partial charge in [0.25, 0.3) is 0 Å². The first-order valence-electron chi connectivity index (χ1n) is 5.03. The van der Waals surface area contributed by atoms with E-state index in [-0.39, 0.29) is 0 Å². The zero-order valence-electron chi connectivity index (χ0n) is 8.48. The van der Waals surface area contributed by atoms with Crippen LogP contribution >= 0.6 is 0 Å². The highest BCUT2D eigenvalue weighted by molar-refractivity contribution is 5.39. The number of hydrogen-bond acceptors (Lipinski definition) is 4. The van der Waals surface area contributed by atoms with Gasteiger partial charge < -0.3 is 10.6 Å².